The summed E-state index contributed by atoms with van der Waals surface area (Å²) in [7, 11) is 0. The van der Waals surface area contributed by atoms with Crippen LogP contribution in [0.3, 0.4) is 0 Å². The van der Waals surface area contributed by atoms with Crippen LogP contribution in [0.4, 0.5) is 4.79 Å². The number of nitrogens with one attached hydrogen (secondary N) is 2. The van der Waals surface area contributed by atoms with E-state index in [-0.39, 0.29) is 12.6 Å². The predicted molar refractivity (Wildman–Crippen MR) is 81.8 cm³/mol. The summed E-state index contributed by atoms with van der Waals surface area (Å²) < 4.78 is 0. The van der Waals surface area contributed by atoms with Gasteiger partial charge in [-0.2, -0.15) is 0 Å². The number of benzene rings is 1. The minimum atomic E-state index is -0.539. The van der Waals surface area contributed by atoms with Gasteiger partial charge in [-0.1, -0.05) is 43.2 Å². The van der Waals surface area contributed by atoms with E-state index in [9.17, 15) is 9.90 Å². The zero-order chi connectivity index (χ0) is 15.0. The molecule has 4 nitrogen and oxygen atoms in total. The van der Waals surface area contributed by atoms with Crippen LogP contribution in [0.1, 0.15) is 37.8 Å². The van der Waals surface area contributed by atoms with Crippen LogP contribution in [0.2, 0.25) is 0 Å². The number of aliphatic hydroxyl groups excluding tert-OH is 1. The summed E-state index contributed by atoms with van der Waals surface area (Å²) in [6.07, 6.45) is 2.48. The molecule has 0 heterocycles. The molecule has 2 amide bonds. The third-order valence-electron chi connectivity index (χ3n) is 3.39. The largest absolute Gasteiger partial charge is 0.394 e. The van der Waals surface area contributed by atoms with Crippen molar-refractivity contribution in [3.8, 4) is 0 Å². The summed E-state index contributed by atoms with van der Waals surface area (Å²) in [5, 5.41) is 15.0. The molecular formula is C16H26N2O2. The molecule has 1 rings (SSSR count). The normalized spacial score (nSPS) is 13.6. The number of aryl methyl sites for hydroxylation is 1. The molecule has 20 heavy (non-hydrogen) atoms. The topological polar surface area (TPSA) is 61.4 Å². The van der Waals surface area contributed by atoms with Crippen molar-refractivity contribution in [2.75, 3.05) is 13.2 Å². The third kappa shape index (κ3) is 5.61. The van der Waals surface area contributed by atoms with Gasteiger partial charge in [0.2, 0.25) is 0 Å². The van der Waals surface area contributed by atoms with Crippen LogP contribution in [0.25, 0.3) is 0 Å². The molecule has 0 aliphatic rings. The van der Waals surface area contributed by atoms with Crippen LogP contribution in [0, 0.1) is 6.92 Å². The van der Waals surface area contributed by atoms with Gasteiger partial charge in [0.05, 0.1) is 12.1 Å². The van der Waals surface area contributed by atoms with Gasteiger partial charge in [-0.3, -0.25) is 0 Å². The Kier molecular flexibility index (Phi) is 6.52. The van der Waals surface area contributed by atoms with E-state index >= 15 is 0 Å². The zero-order valence-electron chi connectivity index (χ0n) is 12.7. The molecule has 0 saturated heterocycles. The minimum Gasteiger partial charge on any atom is -0.394 e. The lowest BCUT2D eigenvalue weighted by atomic mass is 9.98. The molecule has 0 aliphatic carbocycles. The molecule has 4 heteroatoms. The number of aliphatic hydroxyl groups is 1. The predicted octanol–water partition coefficient (Wildman–Crippen LogP) is 2.39. The molecule has 1 atom stereocenters. The van der Waals surface area contributed by atoms with Crippen LogP contribution in [-0.2, 0) is 6.42 Å². The highest BCUT2D eigenvalue weighted by molar-refractivity contribution is 5.74. The maximum Gasteiger partial charge on any atom is 0.315 e. The average molecular weight is 278 g/mol. The summed E-state index contributed by atoms with van der Waals surface area (Å²) in [6, 6.07) is 8.06. The maximum atomic E-state index is 11.8. The van der Waals surface area contributed by atoms with Crippen molar-refractivity contribution >= 4 is 6.03 Å². The number of urea groups is 1. The number of amides is 2. The van der Waals surface area contributed by atoms with Gasteiger partial charge >= 0.3 is 6.03 Å². The van der Waals surface area contributed by atoms with E-state index in [0.717, 1.165) is 19.3 Å². The second kappa shape index (κ2) is 7.90. The summed E-state index contributed by atoms with van der Waals surface area (Å²) in [5.74, 6) is 0. The fourth-order valence-electron chi connectivity index (χ4n) is 2.13. The highest BCUT2D eigenvalue weighted by Gasteiger charge is 2.24. The average Bonchev–Trinajstić information content (AvgIpc) is 2.41. The van der Waals surface area contributed by atoms with Crippen molar-refractivity contribution in [2.45, 2.75) is 45.6 Å². The molecule has 1 aromatic rings. The van der Waals surface area contributed by atoms with E-state index in [2.05, 4.69) is 41.8 Å². The fourth-order valence-corrected chi connectivity index (χ4v) is 2.13. The molecule has 0 radical (unpaired) electrons. The van der Waals surface area contributed by atoms with Crippen LogP contribution in [0.15, 0.2) is 24.3 Å². The SMILES string of the molecule is CCCC(C)(CO)NC(=O)NCCc1ccc(C)cc1. The van der Waals surface area contributed by atoms with Gasteiger partial charge < -0.3 is 15.7 Å². The Balaban J connectivity index is 2.34. The lowest BCUT2D eigenvalue weighted by molar-refractivity contribution is 0.163. The molecule has 0 aliphatic heterocycles. The zero-order valence-corrected chi connectivity index (χ0v) is 12.7. The van der Waals surface area contributed by atoms with Crippen LogP contribution < -0.4 is 10.6 Å². The van der Waals surface area contributed by atoms with Gasteiger partial charge in [-0.05, 0) is 32.3 Å². The lowest BCUT2D eigenvalue weighted by Gasteiger charge is -2.28. The van der Waals surface area contributed by atoms with Gasteiger partial charge in [-0.25, -0.2) is 4.79 Å². The number of hydrogen-bond acceptors (Lipinski definition) is 2. The Hall–Kier alpha value is -1.55. The molecule has 0 spiro atoms. The first-order valence-electron chi connectivity index (χ1n) is 7.21. The van der Waals surface area contributed by atoms with Gasteiger partial charge in [0.25, 0.3) is 0 Å². The molecule has 0 saturated carbocycles. The fraction of sp³-hybridized carbons (Fsp3) is 0.562. The molecule has 0 aromatic heterocycles. The maximum absolute atomic E-state index is 11.8. The van der Waals surface area contributed by atoms with E-state index in [1.165, 1.54) is 11.1 Å². The van der Waals surface area contributed by atoms with E-state index < -0.39 is 5.54 Å². The second-order valence-corrected chi connectivity index (χ2v) is 5.59. The number of hydrogen-bond donors (Lipinski definition) is 3. The molecule has 0 fully saturated rings. The van der Waals surface area contributed by atoms with Gasteiger partial charge in [0.15, 0.2) is 0 Å². The molecule has 0 bridgehead atoms. The molecule has 112 valence electrons. The number of carbonyl (C=O) groups is 1. The van der Waals surface area contributed by atoms with Crippen molar-refractivity contribution < 1.29 is 9.90 Å². The minimum absolute atomic E-state index is 0.0494. The van der Waals surface area contributed by atoms with Crippen molar-refractivity contribution in [1.29, 1.82) is 0 Å². The Morgan fingerprint density at radius 3 is 2.50 bits per heavy atom. The smallest absolute Gasteiger partial charge is 0.315 e. The summed E-state index contributed by atoms with van der Waals surface area (Å²) in [6.45, 7) is 6.48. The lowest BCUT2D eigenvalue weighted by Crippen LogP contribution is -2.52. The van der Waals surface area contributed by atoms with Crippen molar-refractivity contribution in [3.05, 3.63) is 35.4 Å². The van der Waals surface area contributed by atoms with E-state index in [4.69, 9.17) is 0 Å². The molecular weight excluding hydrogens is 252 g/mol. The van der Waals surface area contributed by atoms with Crippen LogP contribution >= 0.6 is 0 Å². The van der Waals surface area contributed by atoms with E-state index in [1.54, 1.807) is 0 Å². The first kappa shape index (κ1) is 16.5. The third-order valence-corrected chi connectivity index (χ3v) is 3.39. The highest BCUT2D eigenvalue weighted by atomic mass is 16.3. The van der Waals surface area contributed by atoms with Gasteiger partial charge in [0, 0.05) is 6.54 Å². The van der Waals surface area contributed by atoms with Crippen LogP contribution in [-0.4, -0.2) is 29.8 Å². The second-order valence-electron chi connectivity index (χ2n) is 5.59. The first-order chi connectivity index (χ1) is 9.49. The highest BCUT2D eigenvalue weighted by Crippen LogP contribution is 2.10. The monoisotopic (exact) mass is 278 g/mol. The summed E-state index contributed by atoms with van der Waals surface area (Å²) in [4.78, 5) is 11.8. The summed E-state index contributed by atoms with van der Waals surface area (Å²) in [5.41, 5.74) is 1.90. The van der Waals surface area contributed by atoms with Crippen LogP contribution in [0.5, 0.6) is 0 Å². The van der Waals surface area contributed by atoms with Crippen molar-refractivity contribution in [2.24, 2.45) is 0 Å². The molecule has 1 unspecified atom stereocenters. The Morgan fingerprint density at radius 1 is 1.30 bits per heavy atom. The Labute approximate surface area is 121 Å². The van der Waals surface area contributed by atoms with Gasteiger partial charge in [-0.15, -0.1) is 0 Å². The first-order valence-corrected chi connectivity index (χ1v) is 7.21. The Bertz CT molecular complexity index is 417. The van der Waals surface area contributed by atoms with E-state index in [1.807, 2.05) is 13.8 Å². The standard InChI is InChI=1S/C16H26N2O2/c1-4-10-16(3,12-19)18-15(20)17-11-9-14-7-5-13(2)6-8-14/h5-8,19H,4,9-12H2,1-3H3,(H2,17,18,20). The number of carbonyl (C=O) groups excluding carboxylic acids is 1. The van der Waals surface area contributed by atoms with E-state index in [0.29, 0.717) is 6.54 Å². The quantitative estimate of drug-likeness (QED) is 0.717. The van der Waals surface area contributed by atoms with Crippen molar-refractivity contribution in [3.63, 3.8) is 0 Å². The molecule has 3 N–H and O–H groups in total. The molecule has 1 aromatic carbocycles. The Morgan fingerprint density at radius 2 is 1.95 bits per heavy atom. The van der Waals surface area contributed by atoms with Gasteiger partial charge in [0.1, 0.15) is 0 Å². The van der Waals surface area contributed by atoms with Crippen molar-refractivity contribution in [1.82, 2.24) is 10.6 Å². The summed E-state index contributed by atoms with van der Waals surface area (Å²) >= 11 is 0. The number of rotatable bonds is 7.